The Balaban J connectivity index is 2.58. The van der Waals surface area contributed by atoms with Crippen LogP contribution in [-0.2, 0) is 0 Å². The van der Waals surface area contributed by atoms with Crippen molar-refractivity contribution in [3.8, 4) is 11.3 Å². The van der Waals surface area contributed by atoms with Gasteiger partial charge in [-0.1, -0.05) is 6.07 Å². The Bertz CT molecular complexity index is 465. The van der Waals surface area contributed by atoms with Crippen LogP contribution < -0.4 is 0 Å². The summed E-state index contributed by atoms with van der Waals surface area (Å²) in [5.41, 5.74) is 0.0197. The van der Waals surface area contributed by atoms with E-state index < -0.39 is 11.6 Å². The molecule has 0 atom stereocenters. The van der Waals surface area contributed by atoms with E-state index in [1.807, 2.05) is 0 Å². The minimum absolute atomic E-state index is 0.155. The van der Waals surface area contributed by atoms with Crippen LogP contribution in [0.25, 0.3) is 11.3 Å². The molecule has 1 aromatic heterocycles. The molecule has 0 spiro atoms. The van der Waals surface area contributed by atoms with E-state index >= 15 is 0 Å². The SMILES string of the molecule is Fc1cccc(F)c1-c1cnc(Br)cn1. The number of hydrogen-bond donors (Lipinski definition) is 0. The van der Waals surface area contributed by atoms with Crippen molar-refractivity contribution in [1.82, 2.24) is 9.97 Å². The highest BCUT2D eigenvalue weighted by molar-refractivity contribution is 9.10. The van der Waals surface area contributed by atoms with Crippen LogP contribution in [0.4, 0.5) is 8.78 Å². The molecule has 0 saturated heterocycles. The molecule has 76 valence electrons. The molecule has 0 fully saturated rings. The maximum atomic E-state index is 13.3. The molecule has 0 saturated carbocycles. The standard InChI is InChI=1S/C10H5BrF2N2/c11-9-5-14-8(4-15-9)10-6(12)2-1-3-7(10)13/h1-5H. The van der Waals surface area contributed by atoms with Crippen molar-refractivity contribution in [2.24, 2.45) is 0 Å². The third-order valence-corrected chi connectivity index (χ3v) is 2.25. The number of nitrogens with zero attached hydrogens (tertiary/aromatic N) is 2. The molecule has 1 aromatic carbocycles. The molecular weight excluding hydrogens is 266 g/mol. The molecule has 0 amide bonds. The molecule has 0 aliphatic heterocycles. The van der Waals surface area contributed by atoms with Crippen molar-refractivity contribution in [2.45, 2.75) is 0 Å². The molecule has 2 aromatic rings. The van der Waals surface area contributed by atoms with Crippen molar-refractivity contribution in [1.29, 1.82) is 0 Å². The van der Waals surface area contributed by atoms with E-state index in [1.54, 1.807) is 0 Å². The van der Waals surface area contributed by atoms with E-state index in [2.05, 4.69) is 25.9 Å². The summed E-state index contributed by atoms with van der Waals surface area (Å²) in [5, 5.41) is 0. The van der Waals surface area contributed by atoms with Crippen LogP contribution in [-0.4, -0.2) is 9.97 Å². The van der Waals surface area contributed by atoms with E-state index in [0.717, 1.165) is 0 Å². The second-order valence-electron chi connectivity index (χ2n) is 2.82. The summed E-state index contributed by atoms with van der Waals surface area (Å²) in [6.07, 6.45) is 2.70. The Hall–Kier alpha value is -1.36. The van der Waals surface area contributed by atoms with Crippen LogP contribution in [0.5, 0.6) is 0 Å². The predicted octanol–water partition coefficient (Wildman–Crippen LogP) is 3.18. The minimum Gasteiger partial charge on any atom is -0.252 e. The fraction of sp³-hybridized carbons (Fsp3) is 0. The zero-order chi connectivity index (χ0) is 10.8. The Morgan fingerprint density at radius 3 is 2.20 bits per heavy atom. The van der Waals surface area contributed by atoms with Crippen LogP contribution in [0.2, 0.25) is 0 Å². The topological polar surface area (TPSA) is 25.8 Å². The number of rotatable bonds is 1. The highest BCUT2D eigenvalue weighted by Gasteiger charge is 2.11. The molecule has 0 unspecified atom stereocenters. The third-order valence-electron chi connectivity index (χ3n) is 1.84. The average Bonchev–Trinajstić information content (AvgIpc) is 2.20. The monoisotopic (exact) mass is 270 g/mol. The van der Waals surface area contributed by atoms with Gasteiger partial charge in [0.2, 0.25) is 0 Å². The maximum absolute atomic E-state index is 13.3. The Morgan fingerprint density at radius 1 is 1.00 bits per heavy atom. The van der Waals surface area contributed by atoms with Gasteiger partial charge in [0.25, 0.3) is 0 Å². The van der Waals surface area contributed by atoms with Gasteiger partial charge in [-0.2, -0.15) is 0 Å². The number of halogens is 3. The van der Waals surface area contributed by atoms with Gasteiger partial charge in [-0.15, -0.1) is 0 Å². The number of aromatic nitrogens is 2. The lowest BCUT2D eigenvalue weighted by Gasteiger charge is -2.03. The van der Waals surface area contributed by atoms with Gasteiger partial charge in [0.1, 0.15) is 16.2 Å². The molecule has 0 bridgehead atoms. The Morgan fingerprint density at radius 2 is 1.67 bits per heavy atom. The fourth-order valence-corrected chi connectivity index (χ4v) is 1.39. The van der Waals surface area contributed by atoms with Gasteiger partial charge in [-0.25, -0.2) is 13.8 Å². The summed E-state index contributed by atoms with van der Waals surface area (Å²) in [4.78, 5) is 7.74. The lowest BCUT2D eigenvalue weighted by molar-refractivity contribution is 0.588. The Kier molecular flexibility index (Phi) is 2.73. The average molecular weight is 271 g/mol. The van der Waals surface area contributed by atoms with Gasteiger partial charge < -0.3 is 0 Å². The van der Waals surface area contributed by atoms with Crippen LogP contribution in [0.3, 0.4) is 0 Å². The van der Waals surface area contributed by atoms with E-state index in [1.165, 1.54) is 30.6 Å². The molecule has 0 radical (unpaired) electrons. The molecule has 0 aliphatic carbocycles. The molecule has 0 N–H and O–H groups in total. The molecular formula is C10H5BrF2N2. The van der Waals surface area contributed by atoms with E-state index in [-0.39, 0.29) is 11.3 Å². The second-order valence-corrected chi connectivity index (χ2v) is 3.63. The first-order valence-electron chi connectivity index (χ1n) is 4.10. The van der Waals surface area contributed by atoms with Gasteiger partial charge >= 0.3 is 0 Å². The molecule has 15 heavy (non-hydrogen) atoms. The first kappa shape index (κ1) is 10.2. The van der Waals surface area contributed by atoms with E-state index in [0.29, 0.717) is 4.60 Å². The first-order chi connectivity index (χ1) is 7.18. The van der Waals surface area contributed by atoms with Crippen LogP contribution >= 0.6 is 15.9 Å². The lowest BCUT2D eigenvalue weighted by atomic mass is 10.1. The molecule has 2 nitrogen and oxygen atoms in total. The fourth-order valence-electron chi connectivity index (χ4n) is 1.18. The zero-order valence-corrected chi connectivity index (χ0v) is 9.00. The van der Waals surface area contributed by atoms with Crippen LogP contribution in [0.1, 0.15) is 0 Å². The van der Waals surface area contributed by atoms with Crippen molar-refractivity contribution < 1.29 is 8.78 Å². The van der Waals surface area contributed by atoms with Gasteiger partial charge in [0, 0.05) is 0 Å². The summed E-state index contributed by atoms with van der Waals surface area (Å²) in [6, 6.07) is 3.67. The minimum atomic E-state index is -0.647. The molecule has 0 aliphatic rings. The number of benzene rings is 1. The summed E-state index contributed by atoms with van der Waals surface area (Å²) >= 11 is 3.09. The van der Waals surface area contributed by atoms with Gasteiger partial charge in [0.15, 0.2) is 0 Å². The predicted molar refractivity (Wildman–Crippen MR) is 55.1 cm³/mol. The summed E-state index contributed by atoms with van der Waals surface area (Å²) < 4.78 is 27.2. The van der Waals surface area contributed by atoms with Crippen molar-refractivity contribution >= 4 is 15.9 Å². The number of hydrogen-bond acceptors (Lipinski definition) is 2. The van der Waals surface area contributed by atoms with Gasteiger partial charge in [0.05, 0.1) is 23.7 Å². The maximum Gasteiger partial charge on any atom is 0.135 e. The molecule has 1 heterocycles. The lowest BCUT2D eigenvalue weighted by Crippen LogP contribution is -1.93. The van der Waals surface area contributed by atoms with Crippen molar-refractivity contribution in [3.63, 3.8) is 0 Å². The summed E-state index contributed by atoms with van der Waals surface area (Å²) in [5.74, 6) is -1.29. The Labute approximate surface area is 93.1 Å². The largest absolute Gasteiger partial charge is 0.252 e. The summed E-state index contributed by atoms with van der Waals surface area (Å²) in [6.45, 7) is 0. The van der Waals surface area contributed by atoms with Gasteiger partial charge in [-0.3, -0.25) is 4.98 Å². The smallest absolute Gasteiger partial charge is 0.135 e. The molecule has 5 heteroatoms. The third kappa shape index (κ3) is 2.02. The van der Waals surface area contributed by atoms with E-state index in [9.17, 15) is 8.78 Å². The highest BCUT2D eigenvalue weighted by atomic mass is 79.9. The highest BCUT2D eigenvalue weighted by Crippen LogP contribution is 2.23. The zero-order valence-electron chi connectivity index (χ0n) is 7.42. The molecule has 2 rings (SSSR count). The van der Waals surface area contributed by atoms with Crippen LogP contribution in [0, 0.1) is 11.6 Å². The van der Waals surface area contributed by atoms with Gasteiger partial charge in [-0.05, 0) is 28.1 Å². The van der Waals surface area contributed by atoms with Crippen molar-refractivity contribution in [3.05, 3.63) is 46.8 Å². The first-order valence-corrected chi connectivity index (χ1v) is 4.89. The van der Waals surface area contributed by atoms with E-state index in [4.69, 9.17) is 0 Å². The second kappa shape index (κ2) is 4.02. The quantitative estimate of drug-likeness (QED) is 0.796. The van der Waals surface area contributed by atoms with Crippen molar-refractivity contribution in [2.75, 3.05) is 0 Å². The normalized spacial score (nSPS) is 10.3. The van der Waals surface area contributed by atoms with Crippen LogP contribution in [0.15, 0.2) is 35.2 Å². The summed E-state index contributed by atoms with van der Waals surface area (Å²) in [7, 11) is 0.